The monoisotopic (exact) mass is 485 g/mol. The molecule has 35 heavy (non-hydrogen) atoms. The highest BCUT2D eigenvalue weighted by molar-refractivity contribution is 7.10. The molecule has 0 bridgehead atoms. The van der Waals surface area contributed by atoms with Gasteiger partial charge in [-0.2, -0.15) is 5.10 Å². The van der Waals surface area contributed by atoms with Gasteiger partial charge in [-0.1, -0.05) is 42.5 Å². The maximum Gasteiger partial charge on any atom is 0.272 e. The second kappa shape index (κ2) is 10.7. The highest BCUT2D eigenvalue weighted by Gasteiger charge is 2.22. The van der Waals surface area contributed by atoms with E-state index in [4.69, 9.17) is 4.74 Å². The first-order chi connectivity index (χ1) is 17.2. The number of hydrogen-bond acceptors (Lipinski definition) is 5. The van der Waals surface area contributed by atoms with Crippen molar-refractivity contribution in [1.82, 2.24) is 15.1 Å². The van der Waals surface area contributed by atoms with E-state index in [-0.39, 0.29) is 36.4 Å². The van der Waals surface area contributed by atoms with Crippen LogP contribution < -0.4 is 15.6 Å². The lowest BCUT2D eigenvalue weighted by Crippen LogP contribution is -2.33. The van der Waals surface area contributed by atoms with Crippen LogP contribution >= 0.6 is 11.3 Å². The van der Waals surface area contributed by atoms with E-state index in [1.165, 1.54) is 40.8 Å². The Labute approximate surface area is 208 Å². The van der Waals surface area contributed by atoms with E-state index in [1.54, 1.807) is 11.3 Å². The van der Waals surface area contributed by atoms with Gasteiger partial charge in [0, 0.05) is 10.9 Å². The molecule has 0 aliphatic heterocycles. The van der Waals surface area contributed by atoms with Gasteiger partial charge in [0.1, 0.15) is 18.1 Å². The highest BCUT2D eigenvalue weighted by Crippen LogP contribution is 2.30. The summed E-state index contributed by atoms with van der Waals surface area (Å²) in [4.78, 5) is 26.6. The van der Waals surface area contributed by atoms with Gasteiger partial charge in [0.15, 0.2) is 0 Å². The Hall–Kier alpha value is -3.71. The number of benzene rings is 2. The number of carbonyl (C=O) groups excluding carboxylic acids is 1. The fraction of sp³-hybridized carbons (Fsp3) is 0.250. The van der Waals surface area contributed by atoms with Crippen LogP contribution in [-0.2, 0) is 19.4 Å². The molecule has 1 unspecified atom stereocenters. The quantitative estimate of drug-likeness (QED) is 0.390. The normalized spacial score (nSPS) is 13.6. The van der Waals surface area contributed by atoms with Gasteiger partial charge in [-0.05, 0) is 72.0 Å². The lowest BCUT2D eigenvalue weighted by Gasteiger charge is -2.22. The molecule has 0 fully saturated rings. The van der Waals surface area contributed by atoms with Gasteiger partial charge in [-0.3, -0.25) is 9.59 Å². The SMILES string of the molecule is O=C(NC(c1ccc2c(c1)CCCC2)c1cccs1)c1ccc(=O)n(CCOc2ccccc2)n1. The zero-order valence-corrected chi connectivity index (χ0v) is 20.2. The van der Waals surface area contributed by atoms with Crippen molar-refractivity contribution in [2.45, 2.75) is 38.3 Å². The minimum atomic E-state index is -0.321. The summed E-state index contributed by atoms with van der Waals surface area (Å²) in [6.45, 7) is 0.517. The molecule has 4 aromatic rings. The van der Waals surface area contributed by atoms with Gasteiger partial charge in [-0.25, -0.2) is 4.68 Å². The van der Waals surface area contributed by atoms with E-state index in [9.17, 15) is 9.59 Å². The molecule has 1 aliphatic carbocycles. The summed E-state index contributed by atoms with van der Waals surface area (Å²) in [6.07, 6.45) is 4.62. The summed E-state index contributed by atoms with van der Waals surface area (Å²) >= 11 is 1.61. The van der Waals surface area contributed by atoms with Crippen molar-refractivity contribution in [2.75, 3.05) is 6.61 Å². The number of rotatable bonds is 8. The molecule has 0 saturated carbocycles. The predicted octanol–water partition coefficient (Wildman–Crippen LogP) is 4.78. The number of fused-ring (bicyclic) bond motifs is 1. The Morgan fingerprint density at radius 2 is 1.83 bits per heavy atom. The number of nitrogens with zero attached hydrogens (tertiary/aromatic N) is 2. The lowest BCUT2D eigenvalue weighted by atomic mass is 9.89. The molecule has 5 rings (SSSR count). The van der Waals surface area contributed by atoms with Crippen LogP contribution in [0.3, 0.4) is 0 Å². The molecule has 0 spiro atoms. The number of aromatic nitrogens is 2. The molecule has 6 nitrogen and oxygen atoms in total. The van der Waals surface area contributed by atoms with Crippen molar-refractivity contribution in [2.24, 2.45) is 0 Å². The second-order valence-electron chi connectivity index (χ2n) is 8.60. The highest BCUT2D eigenvalue weighted by atomic mass is 32.1. The molecule has 1 atom stereocenters. The van der Waals surface area contributed by atoms with E-state index >= 15 is 0 Å². The summed E-state index contributed by atoms with van der Waals surface area (Å²) in [5.74, 6) is 0.400. The standard InChI is InChI=1S/C28H27N3O3S/c32-26-15-14-24(30-31(26)16-17-34-23-9-2-1-3-10-23)28(33)29-27(25-11-6-18-35-25)22-13-12-20-7-4-5-8-21(20)19-22/h1-3,6,9-15,18-19,27H,4-5,7-8,16-17H2,(H,29,33). The third-order valence-electron chi connectivity index (χ3n) is 6.22. The van der Waals surface area contributed by atoms with Crippen molar-refractivity contribution < 1.29 is 9.53 Å². The molecule has 1 aliphatic rings. The molecular formula is C28H27N3O3S. The lowest BCUT2D eigenvalue weighted by molar-refractivity contribution is 0.0935. The number of hydrogen-bond donors (Lipinski definition) is 1. The van der Waals surface area contributed by atoms with Crippen LogP contribution in [0.15, 0.2) is 83.0 Å². The fourth-order valence-corrected chi connectivity index (χ4v) is 5.21. The Bertz CT molecular complexity index is 1350. The van der Waals surface area contributed by atoms with E-state index in [0.717, 1.165) is 29.0 Å². The number of amides is 1. The van der Waals surface area contributed by atoms with Crippen LogP contribution in [0.4, 0.5) is 0 Å². The zero-order chi connectivity index (χ0) is 24.0. The first-order valence-electron chi connectivity index (χ1n) is 11.9. The molecule has 178 valence electrons. The fourth-order valence-electron chi connectivity index (χ4n) is 4.41. The Balaban J connectivity index is 1.34. The van der Waals surface area contributed by atoms with Crippen LogP contribution in [0, 0.1) is 0 Å². The molecule has 7 heteroatoms. The van der Waals surface area contributed by atoms with Gasteiger partial charge in [-0.15, -0.1) is 11.3 Å². The van der Waals surface area contributed by atoms with Crippen molar-refractivity contribution in [1.29, 1.82) is 0 Å². The molecular weight excluding hydrogens is 458 g/mol. The third kappa shape index (κ3) is 5.52. The summed E-state index contributed by atoms with van der Waals surface area (Å²) in [7, 11) is 0. The molecule has 2 aromatic carbocycles. The molecule has 2 heterocycles. The Morgan fingerprint density at radius 3 is 2.63 bits per heavy atom. The number of para-hydroxylation sites is 1. The van der Waals surface area contributed by atoms with E-state index in [2.05, 4.69) is 28.6 Å². The van der Waals surface area contributed by atoms with Gasteiger partial charge in [0.25, 0.3) is 11.5 Å². The Kier molecular flexibility index (Phi) is 7.04. The summed E-state index contributed by atoms with van der Waals surface area (Å²) in [5.41, 5.74) is 3.76. The van der Waals surface area contributed by atoms with Crippen LogP contribution in [0.2, 0.25) is 0 Å². The van der Waals surface area contributed by atoms with Crippen LogP contribution in [0.1, 0.15) is 50.9 Å². The number of ether oxygens (including phenoxy) is 1. The number of carbonyl (C=O) groups is 1. The van der Waals surface area contributed by atoms with Gasteiger partial charge < -0.3 is 10.1 Å². The van der Waals surface area contributed by atoms with Crippen molar-refractivity contribution >= 4 is 17.2 Å². The smallest absolute Gasteiger partial charge is 0.272 e. The van der Waals surface area contributed by atoms with Crippen LogP contribution in [0.5, 0.6) is 5.75 Å². The first kappa shape index (κ1) is 23.1. The largest absolute Gasteiger partial charge is 0.492 e. The average molecular weight is 486 g/mol. The van der Waals surface area contributed by atoms with Crippen LogP contribution in [0.25, 0.3) is 0 Å². The van der Waals surface area contributed by atoms with E-state index < -0.39 is 0 Å². The van der Waals surface area contributed by atoms with E-state index in [0.29, 0.717) is 0 Å². The first-order valence-corrected chi connectivity index (χ1v) is 12.8. The van der Waals surface area contributed by atoms with Gasteiger partial charge in [0.05, 0.1) is 12.6 Å². The minimum Gasteiger partial charge on any atom is -0.492 e. The van der Waals surface area contributed by atoms with Crippen molar-refractivity contribution in [3.63, 3.8) is 0 Å². The molecule has 2 aromatic heterocycles. The van der Waals surface area contributed by atoms with Gasteiger partial charge >= 0.3 is 0 Å². The van der Waals surface area contributed by atoms with Crippen LogP contribution in [-0.4, -0.2) is 22.3 Å². The second-order valence-corrected chi connectivity index (χ2v) is 9.58. The third-order valence-corrected chi connectivity index (χ3v) is 7.16. The number of nitrogens with one attached hydrogen (secondary N) is 1. The van der Waals surface area contributed by atoms with Crippen molar-refractivity contribution in [3.8, 4) is 5.75 Å². The maximum absolute atomic E-state index is 13.3. The molecule has 1 N–H and O–H groups in total. The molecule has 0 radical (unpaired) electrons. The van der Waals surface area contributed by atoms with Gasteiger partial charge in [0.2, 0.25) is 0 Å². The topological polar surface area (TPSA) is 73.2 Å². The Morgan fingerprint density at radius 1 is 1.00 bits per heavy atom. The zero-order valence-electron chi connectivity index (χ0n) is 19.4. The summed E-state index contributed by atoms with van der Waals surface area (Å²) < 4.78 is 6.96. The van der Waals surface area contributed by atoms with E-state index in [1.807, 2.05) is 47.8 Å². The number of aryl methyl sites for hydroxylation is 2. The summed E-state index contributed by atoms with van der Waals surface area (Å²) in [6, 6.07) is 22.5. The molecule has 0 saturated heterocycles. The average Bonchev–Trinajstić information content (AvgIpc) is 3.43. The summed E-state index contributed by atoms with van der Waals surface area (Å²) in [5, 5.41) is 9.48. The minimum absolute atomic E-state index is 0.198. The predicted molar refractivity (Wildman–Crippen MR) is 137 cm³/mol. The maximum atomic E-state index is 13.3. The molecule has 1 amide bonds. The number of thiophene rings is 1. The van der Waals surface area contributed by atoms with Crippen molar-refractivity contribution in [3.05, 3.63) is 116 Å².